The van der Waals surface area contributed by atoms with E-state index in [0.29, 0.717) is 0 Å². The third-order valence-corrected chi connectivity index (χ3v) is 8.97. The smallest absolute Gasteiger partial charge is 0.0858 e. The van der Waals surface area contributed by atoms with Crippen LogP contribution >= 0.6 is 0 Å². The van der Waals surface area contributed by atoms with Crippen molar-refractivity contribution in [3.63, 3.8) is 0 Å². The Hall–Kier alpha value is -1.86. The van der Waals surface area contributed by atoms with Crippen molar-refractivity contribution in [1.29, 1.82) is 0 Å². The first kappa shape index (κ1) is 13.1. The highest BCUT2D eigenvalue weighted by Crippen LogP contribution is 2.34. The summed E-state index contributed by atoms with van der Waals surface area (Å²) in [5, 5.41) is 3.09. The summed E-state index contributed by atoms with van der Waals surface area (Å²) in [6.07, 6.45) is 5.84. The third kappa shape index (κ3) is 2.18. The molecule has 0 radical (unpaired) electrons. The van der Waals surface area contributed by atoms with E-state index in [1.165, 1.54) is 23.2 Å². The van der Waals surface area contributed by atoms with Crippen LogP contribution in [0.5, 0.6) is 0 Å². The SMILES string of the molecule is CCC[Si]1(c2ccccc2)C=CC=C1c1ccccc1. The van der Waals surface area contributed by atoms with Crippen molar-refractivity contribution in [2.45, 2.75) is 19.4 Å². The zero-order chi connectivity index (χ0) is 13.8. The Morgan fingerprint density at radius 2 is 1.50 bits per heavy atom. The standard InChI is InChI=1S/C19H20Si/c1-2-15-20(18-12-7-4-8-13-18)16-9-14-19(20)17-10-5-3-6-11-17/h3-14,16H,2,15H2,1H3. The fourth-order valence-corrected chi connectivity index (χ4v) is 7.75. The molecule has 1 atom stereocenters. The van der Waals surface area contributed by atoms with E-state index < -0.39 is 8.07 Å². The van der Waals surface area contributed by atoms with Gasteiger partial charge >= 0.3 is 0 Å². The van der Waals surface area contributed by atoms with E-state index in [0.717, 1.165) is 0 Å². The molecule has 0 fully saturated rings. The second-order valence-electron chi connectivity index (χ2n) is 5.39. The minimum Gasteiger partial charge on any atom is -0.0858 e. The van der Waals surface area contributed by atoms with Crippen LogP contribution in [0.4, 0.5) is 0 Å². The molecule has 0 saturated heterocycles. The highest BCUT2D eigenvalue weighted by atomic mass is 28.3. The van der Waals surface area contributed by atoms with Crippen LogP contribution in [0.1, 0.15) is 18.9 Å². The largest absolute Gasteiger partial charge is 0.142 e. The summed E-state index contributed by atoms with van der Waals surface area (Å²) in [7, 11) is -1.70. The van der Waals surface area contributed by atoms with Crippen LogP contribution in [-0.2, 0) is 0 Å². The third-order valence-electron chi connectivity index (χ3n) is 4.14. The number of rotatable bonds is 4. The van der Waals surface area contributed by atoms with Gasteiger partial charge in [0.25, 0.3) is 0 Å². The first-order valence-electron chi connectivity index (χ1n) is 7.38. The highest BCUT2D eigenvalue weighted by molar-refractivity contribution is 7.10. The minimum absolute atomic E-state index is 1.23. The van der Waals surface area contributed by atoms with Crippen molar-refractivity contribution >= 4 is 18.5 Å². The Kier molecular flexibility index (Phi) is 3.70. The second kappa shape index (κ2) is 5.64. The maximum Gasteiger partial charge on any atom is 0.142 e. The van der Waals surface area contributed by atoms with Crippen LogP contribution in [0, 0.1) is 0 Å². The molecule has 1 aliphatic heterocycles. The van der Waals surface area contributed by atoms with Crippen LogP contribution in [0.3, 0.4) is 0 Å². The highest BCUT2D eigenvalue weighted by Gasteiger charge is 2.38. The molecular formula is C19H20Si. The van der Waals surface area contributed by atoms with Crippen LogP contribution in [-0.4, -0.2) is 8.07 Å². The Balaban J connectivity index is 2.11. The summed E-state index contributed by atoms with van der Waals surface area (Å²) in [5.74, 6) is 0. The van der Waals surface area contributed by atoms with Gasteiger partial charge in [0, 0.05) is 0 Å². The Morgan fingerprint density at radius 1 is 0.850 bits per heavy atom. The van der Waals surface area contributed by atoms with Crippen molar-refractivity contribution < 1.29 is 0 Å². The van der Waals surface area contributed by atoms with Gasteiger partial charge in [-0.25, -0.2) is 0 Å². The molecule has 100 valence electrons. The summed E-state index contributed by atoms with van der Waals surface area (Å²) in [5.41, 5.74) is 3.90. The molecule has 0 saturated carbocycles. The first-order chi connectivity index (χ1) is 9.87. The summed E-state index contributed by atoms with van der Waals surface area (Å²) >= 11 is 0. The number of allylic oxidation sites excluding steroid dienone is 2. The zero-order valence-electron chi connectivity index (χ0n) is 11.9. The number of benzene rings is 2. The molecule has 0 nitrogen and oxygen atoms in total. The Labute approximate surface area is 122 Å². The molecule has 3 rings (SSSR count). The monoisotopic (exact) mass is 276 g/mol. The van der Waals surface area contributed by atoms with E-state index in [4.69, 9.17) is 0 Å². The van der Waals surface area contributed by atoms with E-state index >= 15 is 0 Å². The topological polar surface area (TPSA) is 0 Å². The maximum absolute atomic E-state index is 2.51. The zero-order valence-corrected chi connectivity index (χ0v) is 12.9. The van der Waals surface area contributed by atoms with Gasteiger partial charge in [-0.1, -0.05) is 91.9 Å². The number of hydrogen-bond donors (Lipinski definition) is 0. The lowest BCUT2D eigenvalue weighted by molar-refractivity contribution is 1.06. The van der Waals surface area contributed by atoms with Crippen molar-refractivity contribution in [3.8, 4) is 0 Å². The van der Waals surface area contributed by atoms with Gasteiger partial charge in [-0.05, 0) is 22.0 Å². The molecule has 0 N–H and O–H groups in total. The minimum atomic E-state index is -1.70. The van der Waals surface area contributed by atoms with E-state index in [-0.39, 0.29) is 0 Å². The average molecular weight is 276 g/mol. The van der Waals surface area contributed by atoms with Gasteiger partial charge in [0.1, 0.15) is 8.07 Å². The van der Waals surface area contributed by atoms with Crippen molar-refractivity contribution in [2.24, 2.45) is 0 Å². The lowest BCUT2D eigenvalue weighted by Crippen LogP contribution is -2.46. The number of hydrogen-bond acceptors (Lipinski definition) is 0. The molecule has 1 aliphatic rings. The van der Waals surface area contributed by atoms with Gasteiger partial charge in [0.15, 0.2) is 0 Å². The van der Waals surface area contributed by atoms with Crippen molar-refractivity contribution in [1.82, 2.24) is 0 Å². The molecule has 1 unspecified atom stereocenters. The molecule has 2 aromatic carbocycles. The van der Waals surface area contributed by atoms with Crippen LogP contribution in [0.2, 0.25) is 6.04 Å². The molecule has 2 aromatic rings. The summed E-state index contributed by atoms with van der Waals surface area (Å²) < 4.78 is 0. The lowest BCUT2D eigenvalue weighted by atomic mass is 10.2. The first-order valence-corrected chi connectivity index (χ1v) is 9.66. The molecule has 1 heteroatoms. The van der Waals surface area contributed by atoms with Crippen molar-refractivity contribution in [3.05, 3.63) is 84.1 Å². The van der Waals surface area contributed by atoms with Crippen molar-refractivity contribution in [2.75, 3.05) is 0 Å². The molecule has 0 spiro atoms. The molecule has 20 heavy (non-hydrogen) atoms. The maximum atomic E-state index is 2.51. The molecule has 0 aromatic heterocycles. The molecule has 0 amide bonds. The molecule has 1 heterocycles. The average Bonchev–Trinajstić information content (AvgIpc) is 2.94. The molecule has 0 bridgehead atoms. The van der Waals surface area contributed by atoms with Gasteiger partial charge in [-0.2, -0.15) is 0 Å². The Bertz CT molecular complexity index is 625. The van der Waals surface area contributed by atoms with E-state index in [1.54, 1.807) is 5.20 Å². The normalized spacial score (nSPS) is 20.9. The van der Waals surface area contributed by atoms with Crippen LogP contribution < -0.4 is 5.19 Å². The predicted octanol–water partition coefficient (Wildman–Crippen LogP) is 4.48. The lowest BCUT2D eigenvalue weighted by Gasteiger charge is -2.29. The van der Waals surface area contributed by atoms with E-state index in [1.807, 2.05) is 0 Å². The quantitative estimate of drug-likeness (QED) is 0.722. The molecular weight excluding hydrogens is 256 g/mol. The summed E-state index contributed by atoms with van der Waals surface area (Å²) in [4.78, 5) is 0. The van der Waals surface area contributed by atoms with Gasteiger partial charge in [-0.15, -0.1) is 0 Å². The fraction of sp³-hybridized carbons (Fsp3) is 0.158. The van der Waals surface area contributed by atoms with Gasteiger partial charge in [-0.3, -0.25) is 0 Å². The molecule has 0 aliphatic carbocycles. The second-order valence-corrected chi connectivity index (χ2v) is 9.28. The van der Waals surface area contributed by atoms with E-state index in [9.17, 15) is 0 Å². The Morgan fingerprint density at radius 3 is 2.15 bits per heavy atom. The summed E-state index contributed by atoms with van der Waals surface area (Å²) in [6.45, 7) is 2.30. The predicted molar refractivity (Wildman–Crippen MR) is 90.5 cm³/mol. The van der Waals surface area contributed by atoms with Gasteiger partial charge in [0.05, 0.1) is 0 Å². The summed E-state index contributed by atoms with van der Waals surface area (Å²) in [6, 6.07) is 23.3. The van der Waals surface area contributed by atoms with Gasteiger partial charge in [0.2, 0.25) is 0 Å². The van der Waals surface area contributed by atoms with Gasteiger partial charge < -0.3 is 0 Å². The fourth-order valence-electron chi connectivity index (χ4n) is 3.26. The van der Waals surface area contributed by atoms with Crippen LogP contribution in [0.15, 0.2) is 78.5 Å². The van der Waals surface area contributed by atoms with Crippen LogP contribution in [0.25, 0.3) is 5.20 Å². The van der Waals surface area contributed by atoms with E-state index in [2.05, 4.69) is 85.4 Å².